The van der Waals surface area contributed by atoms with Crippen molar-refractivity contribution >= 4 is 17.2 Å². The molecule has 4 rings (SSSR count). The predicted octanol–water partition coefficient (Wildman–Crippen LogP) is 1.13. The van der Waals surface area contributed by atoms with Crippen molar-refractivity contribution < 1.29 is 4.79 Å². The average molecular weight is 333 g/mol. The summed E-state index contributed by atoms with van der Waals surface area (Å²) in [5.41, 5.74) is 2.38. The predicted molar refractivity (Wildman–Crippen MR) is 89.0 cm³/mol. The molecule has 4 aromatic rings. The van der Waals surface area contributed by atoms with Crippen molar-refractivity contribution in [3.8, 4) is 11.3 Å². The van der Waals surface area contributed by atoms with Crippen molar-refractivity contribution in [2.75, 3.05) is 5.32 Å². The van der Waals surface area contributed by atoms with Crippen LogP contribution in [-0.4, -0.2) is 35.7 Å². The van der Waals surface area contributed by atoms with Gasteiger partial charge in [-0.05, 0) is 24.3 Å². The topological polar surface area (TPSA) is 118 Å². The molecule has 0 atom stereocenters. The standard InChI is InChI=1S/C16H11N7O2/c24-15-7-13(17-8-18-15)16(25)20-11-3-1-2-10(6-11)12-4-5-14-21-19-9-23(14)22-12/h1-9H,(H,20,25)(H,17,18,24). The molecule has 1 aromatic carbocycles. The molecular weight excluding hydrogens is 322 g/mol. The molecule has 1 amide bonds. The van der Waals surface area contributed by atoms with Gasteiger partial charge >= 0.3 is 0 Å². The Labute approximate surface area is 140 Å². The average Bonchev–Trinajstić information content (AvgIpc) is 3.09. The van der Waals surface area contributed by atoms with Crippen LogP contribution in [0.2, 0.25) is 0 Å². The fourth-order valence-electron chi connectivity index (χ4n) is 2.33. The molecule has 0 spiro atoms. The minimum absolute atomic E-state index is 0.0400. The first-order chi connectivity index (χ1) is 12.2. The largest absolute Gasteiger partial charge is 0.321 e. The van der Waals surface area contributed by atoms with E-state index in [-0.39, 0.29) is 11.3 Å². The molecule has 25 heavy (non-hydrogen) atoms. The highest BCUT2D eigenvalue weighted by molar-refractivity contribution is 6.03. The quantitative estimate of drug-likeness (QED) is 0.580. The van der Waals surface area contributed by atoms with E-state index in [9.17, 15) is 9.59 Å². The maximum atomic E-state index is 12.2. The zero-order valence-corrected chi connectivity index (χ0v) is 12.7. The van der Waals surface area contributed by atoms with Crippen LogP contribution in [0.3, 0.4) is 0 Å². The molecule has 0 aliphatic heterocycles. The molecular formula is C16H11N7O2. The van der Waals surface area contributed by atoms with E-state index in [2.05, 4.69) is 30.6 Å². The van der Waals surface area contributed by atoms with Crippen LogP contribution >= 0.6 is 0 Å². The van der Waals surface area contributed by atoms with E-state index in [1.54, 1.807) is 28.8 Å². The van der Waals surface area contributed by atoms with Gasteiger partial charge in [-0.25, -0.2) is 4.98 Å². The number of hydrogen-bond acceptors (Lipinski definition) is 6. The van der Waals surface area contributed by atoms with Crippen molar-refractivity contribution in [1.29, 1.82) is 0 Å². The lowest BCUT2D eigenvalue weighted by molar-refractivity contribution is 0.102. The third-order valence-corrected chi connectivity index (χ3v) is 3.49. The summed E-state index contributed by atoms with van der Waals surface area (Å²) >= 11 is 0. The van der Waals surface area contributed by atoms with Crippen LogP contribution in [0.25, 0.3) is 16.9 Å². The van der Waals surface area contributed by atoms with Gasteiger partial charge in [0.1, 0.15) is 12.0 Å². The van der Waals surface area contributed by atoms with Crippen molar-refractivity contribution in [1.82, 2.24) is 29.8 Å². The summed E-state index contributed by atoms with van der Waals surface area (Å²) in [7, 11) is 0. The zero-order valence-electron chi connectivity index (χ0n) is 12.7. The van der Waals surface area contributed by atoms with Crippen molar-refractivity contribution in [3.05, 3.63) is 71.2 Å². The van der Waals surface area contributed by atoms with E-state index in [1.807, 2.05) is 12.1 Å². The van der Waals surface area contributed by atoms with E-state index in [4.69, 9.17) is 0 Å². The smallest absolute Gasteiger partial charge is 0.274 e. The van der Waals surface area contributed by atoms with Gasteiger partial charge in [0.25, 0.3) is 11.5 Å². The third-order valence-electron chi connectivity index (χ3n) is 3.49. The summed E-state index contributed by atoms with van der Waals surface area (Å²) in [6, 6.07) is 12.0. The Morgan fingerprint density at radius 3 is 2.96 bits per heavy atom. The third kappa shape index (κ3) is 2.98. The fraction of sp³-hybridized carbons (Fsp3) is 0. The monoisotopic (exact) mass is 333 g/mol. The summed E-state index contributed by atoms with van der Waals surface area (Å²) in [6.07, 6.45) is 2.70. The van der Waals surface area contributed by atoms with Crippen molar-refractivity contribution in [2.45, 2.75) is 0 Å². The van der Waals surface area contributed by atoms with Crippen LogP contribution in [0, 0.1) is 0 Å². The molecule has 0 fully saturated rings. The number of nitrogens with zero attached hydrogens (tertiary/aromatic N) is 5. The summed E-state index contributed by atoms with van der Waals surface area (Å²) in [5.74, 6) is -0.467. The second-order valence-corrected chi connectivity index (χ2v) is 5.18. The highest BCUT2D eigenvalue weighted by Crippen LogP contribution is 2.21. The van der Waals surface area contributed by atoms with Crippen molar-refractivity contribution in [3.63, 3.8) is 0 Å². The minimum Gasteiger partial charge on any atom is -0.321 e. The molecule has 9 heteroatoms. The number of hydrogen-bond donors (Lipinski definition) is 2. The number of nitrogens with one attached hydrogen (secondary N) is 2. The number of benzene rings is 1. The van der Waals surface area contributed by atoms with Gasteiger partial charge < -0.3 is 10.3 Å². The maximum Gasteiger partial charge on any atom is 0.274 e. The molecule has 0 bridgehead atoms. The SMILES string of the molecule is O=C(Nc1cccc(-c2ccc3nncn3n2)c1)c1cc(=O)[nH]cn1. The molecule has 0 unspecified atom stereocenters. The molecule has 3 heterocycles. The molecule has 0 radical (unpaired) electrons. The molecule has 2 N–H and O–H groups in total. The first-order valence-corrected chi connectivity index (χ1v) is 7.33. The summed E-state index contributed by atoms with van der Waals surface area (Å²) < 4.78 is 1.57. The second-order valence-electron chi connectivity index (χ2n) is 5.18. The van der Waals surface area contributed by atoms with Crippen LogP contribution in [-0.2, 0) is 0 Å². The van der Waals surface area contributed by atoms with E-state index in [0.717, 1.165) is 11.6 Å². The summed E-state index contributed by atoms with van der Waals surface area (Å²) in [6.45, 7) is 0. The minimum atomic E-state index is -0.467. The van der Waals surface area contributed by atoms with Crippen LogP contribution in [0.5, 0.6) is 0 Å². The number of aromatic nitrogens is 6. The Morgan fingerprint density at radius 1 is 1.16 bits per heavy atom. The van der Waals surface area contributed by atoms with E-state index >= 15 is 0 Å². The lowest BCUT2D eigenvalue weighted by Crippen LogP contribution is -2.17. The molecule has 0 saturated carbocycles. The first kappa shape index (κ1) is 14.7. The van der Waals surface area contributed by atoms with Gasteiger partial charge in [0.2, 0.25) is 0 Å². The zero-order chi connectivity index (χ0) is 17.2. The van der Waals surface area contributed by atoms with E-state index in [0.29, 0.717) is 17.0 Å². The van der Waals surface area contributed by atoms with Gasteiger partial charge in [0.15, 0.2) is 5.65 Å². The second kappa shape index (κ2) is 5.96. The molecule has 0 aliphatic rings. The Kier molecular flexibility index (Phi) is 3.51. The van der Waals surface area contributed by atoms with Crippen LogP contribution in [0.15, 0.2) is 59.9 Å². The number of H-pyrrole nitrogens is 1. The summed E-state index contributed by atoms with van der Waals surface area (Å²) in [4.78, 5) is 29.7. The number of anilines is 1. The lowest BCUT2D eigenvalue weighted by atomic mass is 10.1. The number of carbonyl (C=O) groups is 1. The Balaban J connectivity index is 1.62. The molecule has 3 aromatic heterocycles. The number of carbonyl (C=O) groups excluding carboxylic acids is 1. The number of fused-ring (bicyclic) bond motifs is 1. The molecule has 0 saturated heterocycles. The molecule has 122 valence electrons. The first-order valence-electron chi connectivity index (χ1n) is 7.33. The fourth-order valence-corrected chi connectivity index (χ4v) is 2.33. The van der Waals surface area contributed by atoms with Gasteiger partial charge in [0, 0.05) is 17.3 Å². The number of aromatic amines is 1. The van der Waals surface area contributed by atoms with Gasteiger partial charge in [-0.15, -0.1) is 10.2 Å². The summed E-state index contributed by atoms with van der Waals surface area (Å²) in [5, 5.41) is 14.8. The van der Waals surface area contributed by atoms with Crippen LogP contribution in [0.1, 0.15) is 10.5 Å². The normalized spacial score (nSPS) is 10.7. The highest BCUT2D eigenvalue weighted by Gasteiger charge is 2.09. The van der Waals surface area contributed by atoms with Crippen LogP contribution in [0.4, 0.5) is 5.69 Å². The number of amides is 1. The molecule has 9 nitrogen and oxygen atoms in total. The lowest BCUT2D eigenvalue weighted by Gasteiger charge is -2.07. The maximum absolute atomic E-state index is 12.2. The van der Waals surface area contributed by atoms with Crippen LogP contribution < -0.4 is 10.9 Å². The Hall–Kier alpha value is -3.88. The Bertz CT molecular complexity index is 1130. The Morgan fingerprint density at radius 2 is 2.08 bits per heavy atom. The van der Waals surface area contributed by atoms with E-state index in [1.165, 1.54) is 12.7 Å². The molecule has 0 aliphatic carbocycles. The highest BCUT2D eigenvalue weighted by atomic mass is 16.2. The number of rotatable bonds is 3. The van der Waals surface area contributed by atoms with Gasteiger partial charge in [0.05, 0.1) is 12.0 Å². The van der Waals surface area contributed by atoms with E-state index < -0.39 is 5.91 Å². The van der Waals surface area contributed by atoms with Gasteiger partial charge in [-0.1, -0.05) is 12.1 Å². The van der Waals surface area contributed by atoms with Gasteiger partial charge in [-0.2, -0.15) is 9.61 Å². The van der Waals surface area contributed by atoms with Crippen molar-refractivity contribution in [2.24, 2.45) is 0 Å². The van der Waals surface area contributed by atoms with Gasteiger partial charge in [-0.3, -0.25) is 9.59 Å².